The van der Waals surface area contributed by atoms with Gasteiger partial charge in [-0.05, 0) is 77.5 Å². The maximum atomic E-state index is 12.3. The summed E-state index contributed by atoms with van der Waals surface area (Å²) in [7, 11) is 0. The largest absolute Gasteiger partial charge is 0.507 e. The number of likely N-dealkylation sites (tertiary alicyclic amines) is 1. The highest BCUT2D eigenvalue weighted by molar-refractivity contribution is 5.86. The molecule has 2 aromatic heterocycles. The summed E-state index contributed by atoms with van der Waals surface area (Å²) < 4.78 is 19.9. The molecule has 0 radical (unpaired) electrons. The Morgan fingerprint density at radius 1 is 0.920 bits per heavy atom. The van der Waals surface area contributed by atoms with Crippen LogP contribution in [0.1, 0.15) is 89.4 Å². The number of anilines is 3. The van der Waals surface area contributed by atoms with Crippen molar-refractivity contribution >= 4 is 35.3 Å². The monoisotopic (exact) mass is 687 g/mol. The van der Waals surface area contributed by atoms with Gasteiger partial charge >= 0.3 is 6.09 Å². The van der Waals surface area contributed by atoms with Gasteiger partial charge in [0, 0.05) is 49.3 Å². The molecule has 7 N–H and O–H groups in total. The number of amides is 1. The second kappa shape index (κ2) is 13.5. The second-order valence-electron chi connectivity index (χ2n) is 15.0. The van der Waals surface area contributed by atoms with Crippen LogP contribution in [0.4, 0.5) is 22.2 Å². The summed E-state index contributed by atoms with van der Waals surface area (Å²) in [5, 5.41) is 14.9. The lowest BCUT2D eigenvalue weighted by atomic mass is 9.91. The summed E-state index contributed by atoms with van der Waals surface area (Å²) in [6.45, 7) is 6.95. The molecule has 50 heavy (non-hydrogen) atoms. The first-order chi connectivity index (χ1) is 23.9. The van der Waals surface area contributed by atoms with Gasteiger partial charge in [-0.25, -0.2) is 14.8 Å². The molecule has 2 bridgehead atoms. The number of rotatable bonds is 8. The van der Waals surface area contributed by atoms with Gasteiger partial charge in [-0.2, -0.15) is 5.10 Å². The number of nitrogens with zero attached hydrogens (tertiary/aromatic N) is 6. The van der Waals surface area contributed by atoms with Crippen molar-refractivity contribution in [1.82, 2.24) is 24.6 Å². The van der Waals surface area contributed by atoms with Gasteiger partial charge in [0.25, 0.3) is 0 Å². The number of phenolic OH excluding ortho intramolecular Hbond substituents is 1. The maximum Gasteiger partial charge on any atom is 0.410 e. The third kappa shape index (κ3) is 7.11. The molecule has 4 aliphatic rings. The Morgan fingerprint density at radius 2 is 1.58 bits per heavy atom. The van der Waals surface area contributed by atoms with E-state index >= 15 is 0 Å². The zero-order valence-corrected chi connectivity index (χ0v) is 29.1. The van der Waals surface area contributed by atoms with Gasteiger partial charge in [-0.15, -0.1) is 0 Å². The number of piperidine rings is 2. The lowest BCUT2D eigenvalue weighted by molar-refractivity contribution is -0.110. The van der Waals surface area contributed by atoms with Crippen molar-refractivity contribution in [2.24, 2.45) is 5.73 Å². The smallest absolute Gasteiger partial charge is 0.410 e. The van der Waals surface area contributed by atoms with Crippen molar-refractivity contribution in [3.05, 3.63) is 47.9 Å². The Morgan fingerprint density at radius 3 is 2.22 bits per heavy atom. The number of hydrogen-bond donors (Lipinski definition) is 4. The van der Waals surface area contributed by atoms with E-state index < -0.39 is 5.60 Å². The van der Waals surface area contributed by atoms with Crippen molar-refractivity contribution in [1.29, 1.82) is 0 Å². The van der Waals surface area contributed by atoms with E-state index in [0.29, 0.717) is 47.4 Å². The van der Waals surface area contributed by atoms with E-state index in [9.17, 15) is 9.90 Å². The van der Waals surface area contributed by atoms with Crippen LogP contribution in [-0.2, 0) is 9.47 Å². The molecule has 3 aliphatic heterocycles. The Hall–Kier alpha value is -4.72. The standard InChI is InChI=1S/C36H49N9O5/c1-36(2,3)50-35(47)43-12-10-24(11-13-43)48-25-16-26(17-25)49-27-19-40-34(41-20-27)44-21-8-9-22(44)15-23(14-21)45-30(32(38)33(39)42-45)18-29(37)28-6-4-5-7-31(28)46/h4-7,18-26,46H,8-17,37-38H2,1-3H3,(H2,39,42)/b29-18-. The summed E-state index contributed by atoms with van der Waals surface area (Å²) in [6, 6.07) is 7.48. The predicted molar refractivity (Wildman–Crippen MR) is 190 cm³/mol. The number of nitrogen functional groups attached to an aromatic ring is 2. The van der Waals surface area contributed by atoms with Crippen LogP contribution in [0.3, 0.4) is 0 Å². The topological polar surface area (TPSA) is 193 Å². The molecule has 2 atom stereocenters. The van der Waals surface area contributed by atoms with Crippen LogP contribution in [0, 0.1) is 0 Å². The number of phenols is 1. The number of hydrogen-bond acceptors (Lipinski definition) is 12. The van der Waals surface area contributed by atoms with Crippen LogP contribution in [-0.4, -0.2) is 84.9 Å². The lowest BCUT2D eigenvalue weighted by Crippen LogP contribution is -2.46. The molecule has 1 amide bonds. The first-order valence-corrected chi connectivity index (χ1v) is 17.7. The molecular formula is C36H49N9O5. The van der Waals surface area contributed by atoms with Crippen molar-refractivity contribution in [2.45, 2.75) is 114 Å². The van der Waals surface area contributed by atoms with Gasteiger partial charge in [-0.1, -0.05) is 12.1 Å². The molecule has 3 aromatic rings. The fraction of sp³-hybridized carbons (Fsp3) is 0.556. The maximum absolute atomic E-state index is 12.3. The molecule has 1 aromatic carbocycles. The second-order valence-corrected chi connectivity index (χ2v) is 15.0. The molecule has 7 rings (SSSR count). The Kier molecular flexibility index (Phi) is 9.14. The van der Waals surface area contributed by atoms with Gasteiger partial charge in [0.05, 0.1) is 36.3 Å². The number of carbonyl (C=O) groups excluding carboxylic acids is 1. The fourth-order valence-electron chi connectivity index (χ4n) is 7.71. The lowest BCUT2D eigenvalue weighted by Gasteiger charge is -2.40. The number of aromatic nitrogens is 4. The van der Waals surface area contributed by atoms with E-state index in [1.54, 1.807) is 41.6 Å². The van der Waals surface area contributed by atoms with E-state index in [1.165, 1.54) is 0 Å². The van der Waals surface area contributed by atoms with Crippen molar-refractivity contribution in [3.8, 4) is 11.5 Å². The summed E-state index contributed by atoms with van der Waals surface area (Å²) in [4.78, 5) is 25.9. The molecule has 2 unspecified atom stereocenters. The zero-order valence-electron chi connectivity index (χ0n) is 29.1. The number of para-hydroxylation sites is 1. The van der Waals surface area contributed by atoms with Gasteiger partial charge in [0.15, 0.2) is 11.6 Å². The fourth-order valence-corrected chi connectivity index (χ4v) is 7.71. The van der Waals surface area contributed by atoms with Crippen LogP contribution < -0.4 is 26.8 Å². The molecule has 14 nitrogen and oxygen atoms in total. The first-order valence-electron chi connectivity index (χ1n) is 17.7. The van der Waals surface area contributed by atoms with Gasteiger partial charge in [0.1, 0.15) is 23.1 Å². The molecular weight excluding hydrogens is 638 g/mol. The number of aromatic hydroxyl groups is 1. The minimum Gasteiger partial charge on any atom is -0.507 e. The average molecular weight is 688 g/mol. The quantitative estimate of drug-likeness (QED) is 0.256. The molecule has 0 spiro atoms. The van der Waals surface area contributed by atoms with Crippen LogP contribution >= 0.6 is 0 Å². The first kappa shape index (κ1) is 33.8. The summed E-state index contributed by atoms with van der Waals surface area (Å²) in [6.07, 6.45) is 12.4. The normalized spacial score (nSPS) is 25.7. The predicted octanol–water partition coefficient (Wildman–Crippen LogP) is 4.70. The number of benzene rings is 1. The van der Waals surface area contributed by atoms with Crippen LogP contribution in [0.15, 0.2) is 36.7 Å². The zero-order chi connectivity index (χ0) is 35.2. The SMILES string of the molecule is CC(C)(C)OC(=O)N1CCC(OC2CC(Oc3cnc(N4C5CCC4CC(n4nc(N)c(N)c4/C=C(\N)c4ccccc4O)C5)nc3)C2)CC1. The van der Waals surface area contributed by atoms with E-state index in [-0.39, 0.29) is 54.1 Å². The number of nitrogens with two attached hydrogens (primary N) is 3. The van der Waals surface area contributed by atoms with Gasteiger partial charge in [0.2, 0.25) is 5.95 Å². The molecule has 3 saturated heterocycles. The van der Waals surface area contributed by atoms with E-state index in [2.05, 4.69) is 10.00 Å². The Balaban J connectivity index is 0.909. The molecule has 5 heterocycles. The highest BCUT2D eigenvalue weighted by Crippen LogP contribution is 2.44. The van der Waals surface area contributed by atoms with E-state index in [1.807, 2.05) is 31.5 Å². The Labute approximate surface area is 292 Å². The summed E-state index contributed by atoms with van der Waals surface area (Å²) in [5.74, 6) is 1.73. The van der Waals surface area contributed by atoms with Crippen LogP contribution in [0.25, 0.3) is 11.8 Å². The molecule has 14 heteroatoms. The van der Waals surface area contributed by atoms with Crippen LogP contribution in [0.5, 0.6) is 11.5 Å². The molecule has 268 valence electrons. The highest BCUT2D eigenvalue weighted by atomic mass is 16.6. The molecule has 4 fully saturated rings. The minimum absolute atomic E-state index is 0.0697. The van der Waals surface area contributed by atoms with E-state index in [4.69, 9.17) is 41.4 Å². The highest BCUT2D eigenvalue weighted by Gasteiger charge is 2.44. The Bertz CT molecular complexity index is 1690. The summed E-state index contributed by atoms with van der Waals surface area (Å²) >= 11 is 0. The third-order valence-corrected chi connectivity index (χ3v) is 10.3. The van der Waals surface area contributed by atoms with Crippen molar-refractivity contribution in [3.63, 3.8) is 0 Å². The molecule has 1 aliphatic carbocycles. The molecule has 1 saturated carbocycles. The summed E-state index contributed by atoms with van der Waals surface area (Å²) in [5.41, 5.74) is 20.4. The minimum atomic E-state index is -0.490. The van der Waals surface area contributed by atoms with E-state index in [0.717, 1.165) is 51.4 Å². The van der Waals surface area contributed by atoms with Crippen molar-refractivity contribution < 1.29 is 24.1 Å². The number of carbonyl (C=O) groups is 1. The number of fused-ring (bicyclic) bond motifs is 2. The van der Waals surface area contributed by atoms with Crippen molar-refractivity contribution in [2.75, 3.05) is 29.5 Å². The van der Waals surface area contributed by atoms with Crippen LogP contribution in [0.2, 0.25) is 0 Å². The van der Waals surface area contributed by atoms with Gasteiger partial charge < -0.3 is 46.3 Å². The average Bonchev–Trinajstić information content (AvgIpc) is 3.49. The van der Waals surface area contributed by atoms with Gasteiger partial charge in [-0.3, -0.25) is 4.68 Å². The number of ether oxygens (including phenoxy) is 3. The third-order valence-electron chi connectivity index (χ3n) is 10.3.